The summed E-state index contributed by atoms with van der Waals surface area (Å²) in [5.74, 6) is 0.520. The molecule has 0 aromatic carbocycles. The van der Waals surface area contributed by atoms with E-state index in [1.54, 1.807) is 0 Å². The Morgan fingerprint density at radius 1 is 1.31 bits per heavy atom. The lowest BCUT2D eigenvalue weighted by Gasteiger charge is -2.23. The molecule has 2 nitrogen and oxygen atoms in total. The van der Waals surface area contributed by atoms with Crippen LogP contribution in [-0.2, 0) is 0 Å². The molecule has 2 unspecified atom stereocenters. The van der Waals surface area contributed by atoms with E-state index in [4.69, 9.17) is 0 Å². The third kappa shape index (κ3) is 3.60. The van der Waals surface area contributed by atoms with Crippen LogP contribution in [0, 0.1) is 6.92 Å². The maximum absolute atomic E-state index is 4.63. The Labute approximate surface area is 99.5 Å². The van der Waals surface area contributed by atoms with Crippen LogP contribution in [0.3, 0.4) is 0 Å². The zero-order valence-electron chi connectivity index (χ0n) is 11.0. The van der Waals surface area contributed by atoms with Gasteiger partial charge in [-0.05, 0) is 45.4 Å². The number of nitrogens with zero attached hydrogens (tertiary/aromatic N) is 1. The Balaban J connectivity index is 2.73. The van der Waals surface area contributed by atoms with Gasteiger partial charge in [-0.2, -0.15) is 0 Å². The second-order valence-corrected chi connectivity index (χ2v) is 4.46. The predicted octanol–water partition coefficient (Wildman–Crippen LogP) is 3.27. The molecule has 0 saturated heterocycles. The minimum Gasteiger partial charge on any atom is -0.314 e. The van der Waals surface area contributed by atoms with E-state index in [2.05, 4.69) is 56.2 Å². The Morgan fingerprint density at radius 2 is 2.06 bits per heavy atom. The van der Waals surface area contributed by atoms with E-state index in [9.17, 15) is 0 Å². The highest BCUT2D eigenvalue weighted by molar-refractivity contribution is 5.15. The molecule has 0 bridgehead atoms. The van der Waals surface area contributed by atoms with Crippen molar-refractivity contribution in [1.29, 1.82) is 0 Å². The molecular formula is C14H24N2. The van der Waals surface area contributed by atoms with Gasteiger partial charge in [-0.15, -0.1) is 0 Å². The summed E-state index contributed by atoms with van der Waals surface area (Å²) in [5, 5.41) is 3.56. The Bertz CT molecular complexity index is 309. The molecule has 90 valence electrons. The second-order valence-electron chi connectivity index (χ2n) is 4.46. The molecule has 0 fully saturated rings. The van der Waals surface area contributed by atoms with Gasteiger partial charge >= 0.3 is 0 Å². The lowest BCUT2D eigenvalue weighted by atomic mass is 9.94. The van der Waals surface area contributed by atoms with E-state index in [1.807, 2.05) is 0 Å². The zero-order chi connectivity index (χ0) is 12.0. The van der Waals surface area contributed by atoms with Crippen LogP contribution in [0.1, 0.15) is 50.9 Å². The number of hydrogen-bond donors (Lipinski definition) is 1. The van der Waals surface area contributed by atoms with Crippen molar-refractivity contribution in [2.45, 2.75) is 52.5 Å². The second kappa shape index (κ2) is 6.64. The number of aromatic nitrogens is 1. The lowest BCUT2D eigenvalue weighted by molar-refractivity contribution is 0.442. The van der Waals surface area contributed by atoms with Crippen LogP contribution in [0.2, 0.25) is 0 Å². The van der Waals surface area contributed by atoms with Gasteiger partial charge < -0.3 is 5.32 Å². The molecule has 0 aliphatic rings. The average Bonchev–Trinajstić information content (AvgIpc) is 2.27. The van der Waals surface area contributed by atoms with Gasteiger partial charge in [0.15, 0.2) is 0 Å². The fourth-order valence-corrected chi connectivity index (χ4v) is 2.10. The van der Waals surface area contributed by atoms with Gasteiger partial charge in [0.1, 0.15) is 0 Å². The first-order valence-corrected chi connectivity index (χ1v) is 6.36. The quantitative estimate of drug-likeness (QED) is 0.796. The predicted molar refractivity (Wildman–Crippen MR) is 69.8 cm³/mol. The first-order chi connectivity index (χ1) is 7.69. The largest absolute Gasteiger partial charge is 0.314 e. The molecular weight excluding hydrogens is 196 g/mol. The highest BCUT2D eigenvalue weighted by atomic mass is 14.9. The van der Waals surface area contributed by atoms with Gasteiger partial charge in [-0.25, -0.2) is 0 Å². The van der Waals surface area contributed by atoms with Gasteiger partial charge in [0.2, 0.25) is 0 Å². The summed E-state index contributed by atoms with van der Waals surface area (Å²) < 4.78 is 0. The highest BCUT2D eigenvalue weighted by Crippen LogP contribution is 2.21. The van der Waals surface area contributed by atoms with Crippen molar-refractivity contribution < 1.29 is 0 Å². The fourth-order valence-electron chi connectivity index (χ4n) is 2.10. The normalized spacial score (nSPS) is 14.8. The minimum absolute atomic E-state index is 0.499. The first kappa shape index (κ1) is 13.2. The van der Waals surface area contributed by atoms with Crippen molar-refractivity contribution in [2.75, 3.05) is 6.54 Å². The molecule has 0 radical (unpaired) electrons. The minimum atomic E-state index is 0.499. The van der Waals surface area contributed by atoms with Crippen LogP contribution in [-0.4, -0.2) is 17.6 Å². The number of rotatable bonds is 6. The van der Waals surface area contributed by atoms with Gasteiger partial charge in [0.25, 0.3) is 0 Å². The summed E-state index contributed by atoms with van der Waals surface area (Å²) in [5.41, 5.74) is 2.33. The molecule has 1 rings (SSSR count). The van der Waals surface area contributed by atoms with Crippen LogP contribution in [0.25, 0.3) is 0 Å². The van der Waals surface area contributed by atoms with Gasteiger partial charge in [-0.1, -0.05) is 19.9 Å². The SMILES string of the molecule is CCCNC(C)C(CC)c1cccc(C)n1. The smallest absolute Gasteiger partial charge is 0.0453 e. The molecule has 16 heavy (non-hydrogen) atoms. The summed E-state index contributed by atoms with van der Waals surface area (Å²) in [6, 6.07) is 6.80. The van der Waals surface area contributed by atoms with Crippen LogP contribution >= 0.6 is 0 Å². The maximum atomic E-state index is 4.63. The van der Waals surface area contributed by atoms with E-state index < -0.39 is 0 Å². The van der Waals surface area contributed by atoms with Crippen molar-refractivity contribution in [3.8, 4) is 0 Å². The van der Waals surface area contributed by atoms with E-state index in [0.29, 0.717) is 12.0 Å². The average molecular weight is 220 g/mol. The molecule has 2 heteroatoms. The number of nitrogens with one attached hydrogen (secondary N) is 1. The van der Waals surface area contributed by atoms with Crippen molar-refractivity contribution in [3.05, 3.63) is 29.6 Å². The third-order valence-electron chi connectivity index (χ3n) is 3.05. The van der Waals surface area contributed by atoms with Crippen LogP contribution < -0.4 is 5.32 Å². The van der Waals surface area contributed by atoms with E-state index >= 15 is 0 Å². The van der Waals surface area contributed by atoms with Crippen LogP contribution in [0.5, 0.6) is 0 Å². The molecule has 1 heterocycles. The molecule has 1 N–H and O–H groups in total. The van der Waals surface area contributed by atoms with Crippen LogP contribution in [0.4, 0.5) is 0 Å². The molecule has 0 aliphatic heterocycles. The van der Waals surface area contributed by atoms with Gasteiger partial charge in [-0.3, -0.25) is 4.98 Å². The summed E-state index contributed by atoms with van der Waals surface area (Å²) in [6.07, 6.45) is 2.32. The Morgan fingerprint density at radius 3 is 2.62 bits per heavy atom. The fraction of sp³-hybridized carbons (Fsp3) is 0.643. The van der Waals surface area contributed by atoms with Crippen molar-refractivity contribution in [3.63, 3.8) is 0 Å². The maximum Gasteiger partial charge on any atom is 0.0453 e. The van der Waals surface area contributed by atoms with E-state index in [-0.39, 0.29) is 0 Å². The molecule has 0 saturated carbocycles. The topological polar surface area (TPSA) is 24.9 Å². The summed E-state index contributed by atoms with van der Waals surface area (Å²) in [4.78, 5) is 4.63. The molecule has 0 aliphatic carbocycles. The number of pyridine rings is 1. The zero-order valence-corrected chi connectivity index (χ0v) is 11.0. The van der Waals surface area contributed by atoms with E-state index in [0.717, 1.165) is 18.7 Å². The highest BCUT2D eigenvalue weighted by Gasteiger charge is 2.17. The van der Waals surface area contributed by atoms with Gasteiger partial charge in [0.05, 0.1) is 0 Å². The molecule has 1 aromatic rings. The van der Waals surface area contributed by atoms with Crippen molar-refractivity contribution in [2.24, 2.45) is 0 Å². The van der Waals surface area contributed by atoms with Gasteiger partial charge in [0, 0.05) is 23.3 Å². The van der Waals surface area contributed by atoms with Crippen LogP contribution in [0.15, 0.2) is 18.2 Å². The van der Waals surface area contributed by atoms with Crippen molar-refractivity contribution in [1.82, 2.24) is 10.3 Å². The summed E-state index contributed by atoms with van der Waals surface area (Å²) in [7, 11) is 0. The standard InChI is InChI=1S/C14H24N2/c1-5-10-15-12(4)13(6-2)14-9-7-8-11(3)16-14/h7-9,12-13,15H,5-6,10H2,1-4H3. The lowest BCUT2D eigenvalue weighted by Crippen LogP contribution is -2.33. The third-order valence-corrected chi connectivity index (χ3v) is 3.05. The Kier molecular flexibility index (Phi) is 5.47. The van der Waals surface area contributed by atoms with Crippen molar-refractivity contribution >= 4 is 0 Å². The molecule has 0 spiro atoms. The summed E-state index contributed by atoms with van der Waals surface area (Å²) >= 11 is 0. The molecule has 1 aromatic heterocycles. The Hall–Kier alpha value is -0.890. The number of aryl methyl sites for hydroxylation is 1. The number of hydrogen-bond acceptors (Lipinski definition) is 2. The monoisotopic (exact) mass is 220 g/mol. The molecule has 2 atom stereocenters. The molecule has 0 amide bonds. The summed E-state index contributed by atoms with van der Waals surface area (Å²) in [6.45, 7) is 9.84. The first-order valence-electron chi connectivity index (χ1n) is 6.36. The van der Waals surface area contributed by atoms with E-state index in [1.165, 1.54) is 12.1 Å².